The summed E-state index contributed by atoms with van der Waals surface area (Å²) in [6.07, 6.45) is 0. The van der Waals surface area contributed by atoms with E-state index in [0.717, 1.165) is 54.0 Å². The summed E-state index contributed by atoms with van der Waals surface area (Å²) in [7, 11) is 0. The van der Waals surface area contributed by atoms with Crippen molar-refractivity contribution < 1.29 is 9.90 Å². The van der Waals surface area contributed by atoms with Gasteiger partial charge in [0.2, 0.25) is 0 Å². The molecule has 0 aliphatic carbocycles. The minimum atomic E-state index is -0.172. The number of nitrogens with one attached hydrogen (secondary N) is 1. The summed E-state index contributed by atoms with van der Waals surface area (Å²) in [6.45, 7) is 7.14. The lowest BCUT2D eigenvalue weighted by molar-refractivity contribution is 0.0831. The number of hydrogen-bond donors (Lipinski definition) is 2. The molecule has 3 aromatic rings. The highest BCUT2D eigenvalue weighted by Gasteiger charge is 2.29. The molecule has 2 N–H and O–H groups in total. The monoisotopic (exact) mass is 363 g/mol. The van der Waals surface area contributed by atoms with Crippen molar-refractivity contribution in [2.24, 2.45) is 0 Å². The molecule has 1 aliphatic heterocycles. The first kappa shape index (κ1) is 17.6. The lowest BCUT2D eigenvalue weighted by atomic mass is 10.0. The van der Waals surface area contributed by atoms with Gasteiger partial charge in [0, 0.05) is 48.3 Å². The standard InChI is InChI=1S/C22H25N3O2/c1-15-21(17-7-3-4-8-18(17)23-15)22(27)16(2)24-11-13-25(14-12-24)19-9-5-6-10-20(19)26/h3-10,16,23,26H,11-14H2,1-2H3/t16-/m1/s1. The molecule has 0 bridgehead atoms. The van der Waals surface area contributed by atoms with Gasteiger partial charge in [0.25, 0.3) is 0 Å². The number of Topliss-reactive ketones (excluding diaryl/α,β-unsaturated/α-hetero) is 1. The summed E-state index contributed by atoms with van der Waals surface area (Å²) in [5.74, 6) is 0.477. The normalized spacial score (nSPS) is 16.6. The number of hydrogen-bond acceptors (Lipinski definition) is 4. The Morgan fingerprint density at radius 3 is 2.44 bits per heavy atom. The second-order valence-electron chi connectivity index (χ2n) is 7.22. The Bertz CT molecular complexity index is 971. The molecule has 1 aliphatic rings. The minimum Gasteiger partial charge on any atom is -0.506 e. The van der Waals surface area contributed by atoms with Crippen LogP contribution in [-0.4, -0.2) is 53.0 Å². The summed E-state index contributed by atoms with van der Waals surface area (Å²) >= 11 is 0. The number of benzene rings is 2. The van der Waals surface area contributed by atoms with E-state index in [1.54, 1.807) is 6.07 Å². The number of aromatic hydroxyl groups is 1. The summed E-state index contributed by atoms with van der Waals surface area (Å²) in [6, 6.07) is 15.2. The quantitative estimate of drug-likeness (QED) is 0.696. The van der Waals surface area contributed by atoms with E-state index >= 15 is 0 Å². The number of piperazine rings is 1. The number of H-pyrrole nitrogens is 1. The predicted molar refractivity (Wildman–Crippen MR) is 109 cm³/mol. The van der Waals surface area contributed by atoms with E-state index < -0.39 is 0 Å². The number of aryl methyl sites for hydroxylation is 1. The lowest BCUT2D eigenvalue weighted by Gasteiger charge is -2.38. The van der Waals surface area contributed by atoms with Crippen LogP contribution in [0, 0.1) is 6.92 Å². The third-order valence-corrected chi connectivity index (χ3v) is 5.60. The summed E-state index contributed by atoms with van der Waals surface area (Å²) in [4.78, 5) is 21.0. The number of phenolic OH excluding ortho intramolecular Hbond substituents is 1. The van der Waals surface area contributed by atoms with Crippen LogP contribution in [0.4, 0.5) is 5.69 Å². The van der Waals surface area contributed by atoms with Gasteiger partial charge in [0.05, 0.1) is 11.7 Å². The number of aromatic amines is 1. The fourth-order valence-electron chi connectivity index (χ4n) is 4.05. The Labute approximate surface area is 159 Å². The van der Waals surface area contributed by atoms with Gasteiger partial charge in [-0.2, -0.15) is 0 Å². The minimum absolute atomic E-state index is 0.168. The van der Waals surface area contributed by atoms with Gasteiger partial charge in [0.1, 0.15) is 5.75 Å². The van der Waals surface area contributed by atoms with Crippen molar-refractivity contribution >= 4 is 22.4 Å². The largest absolute Gasteiger partial charge is 0.506 e. The smallest absolute Gasteiger partial charge is 0.182 e. The maximum absolute atomic E-state index is 13.2. The molecule has 140 valence electrons. The van der Waals surface area contributed by atoms with Gasteiger partial charge in [-0.15, -0.1) is 0 Å². The predicted octanol–water partition coefficient (Wildman–Crippen LogP) is 3.58. The van der Waals surface area contributed by atoms with Gasteiger partial charge in [-0.25, -0.2) is 0 Å². The van der Waals surface area contributed by atoms with Crippen molar-refractivity contribution in [3.63, 3.8) is 0 Å². The number of rotatable bonds is 4. The van der Waals surface area contributed by atoms with E-state index in [2.05, 4.69) is 14.8 Å². The summed E-state index contributed by atoms with van der Waals surface area (Å²) in [5, 5.41) is 11.1. The molecule has 1 aromatic heterocycles. The molecule has 4 rings (SSSR count). The SMILES string of the molecule is Cc1[nH]c2ccccc2c1C(=O)[C@@H](C)N1CCN(c2ccccc2O)CC1. The van der Waals surface area contributed by atoms with E-state index in [4.69, 9.17) is 0 Å². The number of ketones is 1. The Kier molecular flexibility index (Phi) is 4.62. The third kappa shape index (κ3) is 3.19. The first-order chi connectivity index (χ1) is 13.1. The van der Waals surface area contributed by atoms with Gasteiger partial charge in [-0.05, 0) is 32.0 Å². The van der Waals surface area contributed by atoms with Gasteiger partial charge in [-0.1, -0.05) is 30.3 Å². The fourth-order valence-corrected chi connectivity index (χ4v) is 4.05. The van der Waals surface area contributed by atoms with E-state index in [-0.39, 0.29) is 11.8 Å². The molecule has 2 heterocycles. The molecule has 27 heavy (non-hydrogen) atoms. The molecule has 0 radical (unpaired) electrons. The maximum atomic E-state index is 13.2. The van der Waals surface area contributed by atoms with Crippen LogP contribution in [0.3, 0.4) is 0 Å². The summed E-state index contributed by atoms with van der Waals surface area (Å²) < 4.78 is 0. The molecule has 2 aromatic carbocycles. The summed E-state index contributed by atoms with van der Waals surface area (Å²) in [5.41, 5.74) is 3.61. The van der Waals surface area contributed by atoms with Gasteiger partial charge < -0.3 is 15.0 Å². The molecular formula is C22H25N3O2. The highest BCUT2D eigenvalue weighted by molar-refractivity contribution is 6.11. The van der Waals surface area contributed by atoms with E-state index in [9.17, 15) is 9.90 Å². The number of anilines is 1. The molecule has 5 heteroatoms. The molecule has 5 nitrogen and oxygen atoms in total. The van der Waals surface area contributed by atoms with Crippen molar-refractivity contribution in [2.45, 2.75) is 19.9 Å². The number of aromatic nitrogens is 1. The van der Waals surface area contributed by atoms with Crippen LogP contribution < -0.4 is 4.90 Å². The van der Waals surface area contributed by atoms with Crippen molar-refractivity contribution in [3.8, 4) is 5.75 Å². The van der Waals surface area contributed by atoms with E-state index in [0.29, 0.717) is 5.75 Å². The Morgan fingerprint density at radius 2 is 1.70 bits per heavy atom. The van der Waals surface area contributed by atoms with Crippen LogP contribution in [0.1, 0.15) is 23.0 Å². The second kappa shape index (κ2) is 7.08. The lowest BCUT2D eigenvalue weighted by Crippen LogP contribution is -2.51. The van der Waals surface area contributed by atoms with Crippen LogP contribution in [-0.2, 0) is 0 Å². The van der Waals surface area contributed by atoms with Gasteiger partial charge in [-0.3, -0.25) is 9.69 Å². The maximum Gasteiger partial charge on any atom is 0.182 e. The Balaban J connectivity index is 1.49. The Morgan fingerprint density at radius 1 is 1.04 bits per heavy atom. The fraction of sp³-hybridized carbons (Fsp3) is 0.318. The second-order valence-corrected chi connectivity index (χ2v) is 7.22. The number of phenols is 1. The van der Waals surface area contributed by atoms with Gasteiger partial charge in [0.15, 0.2) is 5.78 Å². The van der Waals surface area contributed by atoms with E-state index in [1.807, 2.05) is 56.3 Å². The molecule has 0 saturated carbocycles. The number of para-hydroxylation sites is 3. The first-order valence-corrected chi connectivity index (χ1v) is 9.45. The molecule has 1 saturated heterocycles. The topological polar surface area (TPSA) is 59.6 Å². The molecule has 0 amide bonds. The average molecular weight is 363 g/mol. The third-order valence-electron chi connectivity index (χ3n) is 5.60. The van der Waals surface area contributed by atoms with Crippen molar-refractivity contribution in [3.05, 3.63) is 59.8 Å². The van der Waals surface area contributed by atoms with Crippen LogP contribution in [0.2, 0.25) is 0 Å². The number of carbonyl (C=O) groups excluding carboxylic acids is 1. The number of carbonyl (C=O) groups is 1. The zero-order valence-electron chi connectivity index (χ0n) is 15.8. The number of nitrogens with zero attached hydrogens (tertiary/aromatic N) is 2. The molecular weight excluding hydrogens is 338 g/mol. The van der Waals surface area contributed by atoms with Crippen LogP contribution in [0.15, 0.2) is 48.5 Å². The van der Waals surface area contributed by atoms with Crippen LogP contribution in [0.25, 0.3) is 10.9 Å². The zero-order chi connectivity index (χ0) is 19.0. The number of fused-ring (bicyclic) bond motifs is 1. The molecule has 0 unspecified atom stereocenters. The first-order valence-electron chi connectivity index (χ1n) is 9.45. The average Bonchev–Trinajstić information content (AvgIpc) is 3.03. The van der Waals surface area contributed by atoms with Gasteiger partial charge >= 0.3 is 0 Å². The van der Waals surface area contributed by atoms with Crippen LogP contribution in [0.5, 0.6) is 5.75 Å². The molecule has 0 spiro atoms. The van der Waals surface area contributed by atoms with Crippen molar-refractivity contribution in [1.82, 2.24) is 9.88 Å². The highest BCUT2D eigenvalue weighted by Crippen LogP contribution is 2.28. The molecule has 1 atom stereocenters. The van der Waals surface area contributed by atoms with Crippen molar-refractivity contribution in [2.75, 3.05) is 31.1 Å². The van der Waals surface area contributed by atoms with Crippen molar-refractivity contribution in [1.29, 1.82) is 0 Å². The Hall–Kier alpha value is -2.79. The zero-order valence-corrected chi connectivity index (χ0v) is 15.8. The highest BCUT2D eigenvalue weighted by atomic mass is 16.3. The van der Waals surface area contributed by atoms with Crippen LogP contribution >= 0.6 is 0 Å². The molecule has 1 fully saturated rings. The van der Waals surface area contributed by atoms with E-state index in [1.165, 1.54) is 0 Å².